The van der Waals surface area contributed by atoms with E-state index in [4.69, 9.17) is 9.47 Å². The molecule has 0 amide bonds. The van der Waals surface area contributed by atoms with Crippen LogP contribution in [0.15, 0.2) is 12.2 Å². The van der Waals surface area contributed by atoms with Crippen LogP contribution >= 0.6 is 11.8 Å². The maximum absolute atomic E-state index is 11.3. The van der Waals surface area contributed by atoms with E-state index in [9.17, 15) is 4.79 Å². The molecule has 0 N–H and O–H groups in total. The van der Waals surface area contributed by atoms with Crippen molar-refractivity contribution in [3.8, 4) is 0 Å². The Balaban J connectivity index is 2.43. The van der Waals surface area contributed by atoms with Crippen LogP contribution in [0.1, 0.15) is 26.7 Å². The zero-order chi connectivity index (χ0) is 11.3. The number of carbonyl (C=O) groups is 1. The summed E-state index contributed by atoms with van der Waals surface area (Å²) >= 11 is 1.76. The van der Waals surface area contributed by atoms with Gasteiger partial charge in [-0.15, -0.1) is 0 Å². The van der Waals surface area contributed by atoms with Gasteiger partial charge in [-0.25, -0.2) is 4.79 Å². The quantitative estimate of drug-likeness (QED) is 0.539. The van der Waals surface area contributed by atoms with Crippen LogP contribution in [0, 0.1) is 0 Å². The van der Waals surface area contributed by atoms with Gasteiger partial charge < -0.3 is 9.47 Å². The van der Waals surface area contributed by atoms with E-state index in [1.54, 1.807) is 18.7 Å². The van der Waals surface area contributed by atoms with E-state index in [1.165, 1.54) is 0 Å². The Labute approximate surface area is 95.2 Å². The van der Waals surface area contributed by atoms with Gasteiger partial charge in [0.1, 0.15) is 0 Å². The molecule has 3 nitrogen and oxygen atoms in total. The van der Waals surface area contributed by atoms with Gasteiger partial charge in [0, 0.05) is 5.57 Å². The van der Waals surface area contributed by atoms with Crippen molar-refractivity contribution in [3.05, 3.63) is 12.2 Å². The fraction of sp³-hybridized carbons (Fsp3) is 0.727. The molecule has 0 radical (unpaired) electrons. The first-order chi connectivity index (χ1) is 7.09. The maximum atomic E-state index is 11.3. The summed E-state index contributed by atoms with van der Waals surface area (Å²) in [5.41, 5.74) is 0.415. The van der Waals surface area contributed by atoms with Crippen molar-refractivity contribution in [2.75, 3.05) is 11.5 Å². The smallest absolute Gasteiger partial charge is 0.335 e. The standard InChI is InChI=1S/C11H18O3S/c1-8(2)11(12)14-10-7-15-6-4-5-9(3)13-10/h9-10H,1,4-7H2,2-3H3. The predicted molar refractivity (Wildman–Crippen MR) is 61.8 cm³/mol. The van der Waals surface area contributed by atoms with Crippen molar-refractivity contribution in [1.29, 1.82) is 0 Å². The van der Waals surface area contributed by atoms with Gasteiger partial charge in [-0.3, -0.25) is 0 Å². The van der Waals surface area contributed by atoms with Gasteiger partial charge in [0.05, 0.1) is 11.9 Å². The summed E-state index contributed by atoms with van der Waals surface area (Å²) in [6, 6.07) is 0. The average Bonchev–Trinajstić information content (AvgIpc) is 2.13. The third-order valence-electron chi connectivity index (χ3n) is 2.12. The van der Waals surface area contributed by atoms with Crippen molar-refractivity contribution in [2.45, 2.75) is 39.1 Å². The molecule has 2 unspecified atom stereocenters. The SMILES string of the molecule is C=C(C)C(=O)OC1CSCCCC(C)O1. The van der Waals surface area contributed by atoms with Gasteiger partial charge in [-0.05, 0) is 32.4 Å². The molecule has 0 spiro atoms. The molecule has 2 atom stereocenters. The second-order valence-corrected chi connectivity index (χ2v) is 4.93. The van der Waals surface area contributed by atoms with E-state index < -0.39 is 6.29 Å². The highest BCUT2D eigenvalue weighted by Gasteiger charge is 2.20. The Morgan fingerprint density at radius 1 is 1.60 bits per heavy atom. The fourth-order valence-electron chi connectivity index (χ4n) is 1.30. The second kappa shape index (κ2) is 6.18. The van der Waals surface area contributed by atoms with Crippen LogP contribution in [0.25, 0.3) is 0 Å². The summed E-state index contributed by atoms with van der Waals surface area (Å²) in [5, 5.41) is 0. The van der Waals surface area contributed by atoms with Crippen molar-refractivity contribution in [2.24, 2.45) is 0 Å². The number of hydrogen-bond donors (Lipinski definition) is 0. The summed E-state index contributed by atoms with van der Waals surface area (Å²) < 4.78 is 10.8. The lowest BCUT2D eigenvalue weighted by molar-refractivity contribution is -0.178. The summed E-state index contributed by atoms with van der Waals surface area (Å²) in [5.74, 6) is 1.45. The molecule has 0 bridgehead atoms. The Morgan fingerprint density at radius 3 is 3.00 bits per heavy atom. The molecule has 15 heavy (non-hydrogen) atoms. The Bertz CT molecular complexity index is 240. The van der Waals surface area contributed by atoms with Crippen LogP contribution in [0.2, 0.25) is 0 Å². The Hall–Kier alpha value is -0.480. The van der Waals surface area contributed by atoms with Crippen LogP contribution < -0.4 is 0 Å². The first kappa shape index (κ1) is 12.6. The number of carbonyl (C=O) groups excluding carboxylic acids is 1. The van der Waals surface area contributed by atoms with Crippen molar-refractivity contribution in [3.63, 3.8) is 0 Å². The Kier molecular flexibility index (Phi) is 5.19. The van der Waals surface area contributed by atoms with Gasteiger partial charge in [-0.2, -0.15) is 11.8 Å². The van der Waals surface area contributed by atoms with Crippen LogP contribution in [0.5, 0.6) is 0 Å². The van der Waals surface area contributed by atoms with E-state index in [0.717, 1.165) is 18.6 Å². The van der Waals surface area contributed by atoms with Gasteiger partial charge in [0.25, 0.3) is 0 Å². The van der Waals surface area contributed by atoms with E-state index >= 15 is 0 Å². The van der Waals surface area contributed by atoms with Crippen LogP contribution in [0.4, 0.5) is 0 Å². The molecule has 0 aliphatic carbocycles. The third-order valence-corrected chi connectivity index (χ3v) is 3.21. The Morgan fingerprint density at radius 2 is 2.33 bits per heavy atom. The minimum absolute atomic E-state index is 0.161. The van der Waals surface area contributed by atoms with E-state index in [0.29, 0.717) is 11.3 Å². The van der Waals surface area contributed by atoms with Crippen molar-refractivity contribution >= 4 is 17.7 Å². The van der Waals surface area contributed by atoms with E-state index in [2.05, 4.69) is 6.58 Å². The zero-order valence-electron chi connectivity index (χ0n) is 9.32. The molecule has 1 saturated heterocycles. The maximum Gasteiger partial charge on any atom is 0.335 e. The molecule has 1 aliphatic rings. The monoisotopic (exact) mass is 230 g/mol. The van der Waals surface area contributed by atoms with Gasteiger partial charge in [0.15, 0.2) is 0 Å². The summed E-state index contributed by atoms with van der Waals surface area (Å²) in [6.45, 7) is 7.20. The number of esters is 1. The molecule has 0 saturated carbocycles. The molecule has 4 heteroatoms. The minimum Gasteiger partial charge on any atom is -0.431 e. The molecule has 0 aromatic heterocycles. The molecule has 86 valence electrons. The summed E-state index contributed by atoms with van der Waals surface area (Å²) in [6.07, 6.45) is 1.92. The van der Waals surface area contributed by atoms with Crippen LogP contribution in [0.3, 0.4) is 0 Å². The lowest BCUT2D eigenvalue weighted by Crippen LogP contribution is -2.29. The van der Waals surface area contributed by atoms with Crippen LogP contribution in [-0.2, 0) is 14.3 Å². The number of ether oxygens (including phenoxy) is 2. The largest absolute Gasteiger partial charge is 0.431 e. The van der Waals surface area contributed by atoms with Crippen molar-refractivity contribution in [1.82, 2.24) is 0 Å². The summed E-state index contributed by atoms with van der Waals surface area (Å²) in [7, 11) is 0. The topological polar surface area (TPSA) is 35.5 Å². The van der Waals surface area contributed by atoms with Crippen LogP contribution in [-0.4, -0.2) is 29.9 Å². The highest BCUT2D eigenvalue weighted by atomic mass is 32.2. The first-order valence-electron chi connectivity index (χ1n) is 5.19. The molecular formula is C11H18O3S. The van der Waals surface area contributed by atoms with Gasteiger partial charge >= 0.3 is 5.97 Å². The lowest BCUT2D eigenvalue weighted by Gasteiger charge is -2.24. The molecule has 0 aromatic carbocycles. The fourth-order valence-corrected chi connectivity index (χ4v) is 2.18. The first-order valence-corrected chi connectivity index (χ1v) is 6.34. The summed E-state index contributed by atoms with van der Waals surface area (Å²) in [4.78, 5) is 11.3. The van der Waals surface area contributed by atoms with E-state index in [1.807, 2.05) is 6.92 Å². The zero-order valence-corrected chi connectivity index (χ0v) is 10.1. The molecular weight excluding hydrogens is 212 g/mol. The highest BCUT2D eigenvalue weighted by molar-refractivity contribution is 7.99. The minimum atomic E-state index is -0.422. The van der Waals surface area contributed by atoms with Gasteiger partial charge in [-0.1, -0.05) is 6.58 Å². The van der Waals surface area contributed by atoms with E-state index in [-0.39, 0.29) is 12.1 Å². The molecule has 1 aliphatic heterocycles. The number of hydrogen-bond acceptors (Lipinski definition) is 4. The second-order valence-electron chi connectivity index (χ2n) is 3.78. The molecule has 0 aromatic rings. The normalized spacial score (nSPS) is 27.6. The molecule has 1 heterocycles. The number of rotatable bonds is 2. The van der Waals surface area contributed by atoms with Gasteiger partial charge in [0.2, 0.25) is 6.29 Å². The number of thioether (sulfide) groups is 1. The molecule has 1 fully saturated rings. The highest BCUT2D eigenvalue weighted by Crippen LogP contribution is 2.18. The third kappa shape index (κ3) is 4.71. The van der Waals surface area contributed by atoms with Crippen molar-refractivity contribution < 1.29 is 14.3 Å². The molecule has 1 rings (SSSR count). The average molecular weight is 230 g/mol. The lowest BCUT2D eigenvalue weighted by atomic mass is 10.2. The predicted octanol–water partition coefficient (Wildman–Crippen LogP) is 2.36.